The molecule has 1 heteroatoms. The molecule has 0 fully saturated rings. The largest absolute Gasteiger partial charge is 0.256 e. The molecular weight excluding hydrogens is 158 g/mol. The minimum Gasteiger partial charge on any atom is -0.256 e. The van der Waals surface area contributed by atoms with Crippen LogP contribution in [0.15, 0.2) is 42.6 Å². The van der Waals surface area contributed by atoms with Crippen LogP contribution in [-0.2, 0) is 0 Å². The molecule has 0 N–H and O–H groups in total. The van der Waals surface area contributed by atoms with E-state index in [-0.39, 0.29) is 0 Å². The average molecular weight is 169 g/mol. The summed E-state index contributed by atoms with van der Waals surface area (Å²) in [6.07, 6.45) is 5.94. The van der Waals surface area contributed by atoms with E-state index in [0.29, 0.717) is 0 Å². The molecule has 2 aromatic rings. The zero-order valence-electron chi connectivity index (χ0n) is 7.57. The van der Waals surface area contributed by atoms with Crippen LogP contribution in [0.1, 0.15) is 12.5 Å². The Morgan fingerprint density at radius 2 is 2.00 bits per heavy atom. The summed E-state index contributed by atoms with van der Waals surface area (Å²) in [6.45, 7) is 2.02. The van der Waals surface area contributed by atoms with Crippen molar-refractivity contribution in [1.29, 1.82) is 0 Å². The van der Waals surface area contributed by atoms with Crippen molar-refractivity contribution in [3.63, 3.8) is 0 Å². The van der Waals surface area contributed by atoms with Gasteiger partial charge in [-0.1, -0.05) is 36.4 Å². The summed E-state index contributed by atoms with van der Waals surface area (Å²) in [4.78, 5) is 4.35. The van der Waals surface area contributed by atoms with Gasteiger partial charge in [0.15, 0.2) is 0 Å². The Morgan fingerprint density at radius 3 is 2.85 bits per heavy atom. The Kier molecular flexibility index (Phi) is 2.09. The summed E-state index contributed by atoms with van der Waals surface area (Å²) in [5.41, 5.74) is 2.25. The van der Waals surface area contributed by atoms with Gasteiger partial charge >= 0.3 is 0 Å². The van der Waals surface area contributed by atoms with Gasteiger partial charge in [0.25, 0.3) is 0 Å². The summed E-state index contributed by atoms with van der Waals surface area (Å²) in [7, 11) is 0. The van der Waals surface area contributed by atoms with Crippen LogP contribution in [0.2, 0.25) is 0 Å². The zero-order chi connectivity index (χ0) is 9.10. The molecule has 2 rings (SSSR count). The molecule has 0 aliphatic rings. The molecule has 1 aromatic carbocycles. The molecule has 0 atom stereocenters. The van der Waals surface area contributed by atoms with Gasteiger partial charge in [0.2, 0.25) is 0 Å². The fourth-order valence-electron chi connectivity index (χ4n) is 1.44. The molecule has 0 aliphatic heterocycles. The molecule has 1 heterocycles. The molecule has 0 amide bonds. The molecule has 0 spiro atoms. The number of para-hydroxylation sites is 1. The van der Waals surface area contributed by atoms with Gasteiger partial charge in [0.1, 0.15) is 0 Å². The van der Waals surface area contributed by atoms with Crippen LogP contribution in [0.3, 0.4) is 0 Å². The molecule has 1 nitrogen and oxygen atoms in total. The van der Waals surface area contributed by atoms with Crippen molar-refractivity contribution in [2.24, 2.45) is 0 Å². The molecule has 0 saturated carbocycles. The molecule has 0 radical (unpaired) electrons. The zero-order valence-corrected chi connectivity index (χ0v) is 7.57. The maximum atomic E-state index is 4.35. The third kappa shape index (κ3) is 1.45. The summed E-state index contributed by atoms with van der Waals surface area (Å²) >= 11 is 0. The number of nitrogens with zero attached hydrogens (tertiary/aromatic N) is 1. The third-order valence-corrected chi connectivity index (χ3v) is 2.01. The highest BCUT2D eigenvalue weighted by atomic mass is 14.6. The van der Waals surface area contributed by atoms with Crippen LogP contribution < -0.4 is 0 Å². The second-order valence-corrected chi connectivity index (χ2v) is 2.92. The van der Waals surface area contributed by atoms with Crippen molar-refractivity contribution in [3.8, 4) is 0 Å². The molecule has 0 bridgehead atoms. The van der Waals surface area contributed by atoms with Crippen molar-refractivity contribution >= 4 is 17.0 Å². The Balaban J connectivity index is 2.75. The van der Waals surface area contributed by atoms with Crippen molar-refractivity contribution in [1.82, 2.24) is 4.98 Å². The van der Waals surface area contributed by atoms with Crippen LogP contribution in [0.4, 0.5) is 0 Å². The Morgan fingerprint density at radius 1 is 1.15 bits per heavy atom. The molecule has 0 aliphatic carbocycles. The lowest BCUT2D eigenvalue weighted by molar-refractivity contribution is 1.40. The van der Waals surface area contributed by atoms with E-state index in [9.17, 15) is 0 Å². The van der Waals surface area contributed by atoms with Gasteiger partial charge in [-0.3, -0.25) is 4.98 Å². The first-order valence-electron chi connectivity index (χ1n) is 4.38. The van der Waals surface area contributed by atoms with Crippen LogP contribution in [0.5, 0.6) is 0 Å². The number of fused-ring (bicyclic) bond motifs is 1. The number of aromatic nitrogens is 1. The highest BCUT2D eigenvalue weighted by Crippen LogP contribution is 2.16. The van der Waals surface area contributed by atoms with Gasteiger partial charge in [0.05, 0.1) is 5.52 Å². The lowest BCUT2D eigenvalue weighted by Crippen LogP contribution is -1.81. The second-order valence-electron chi connectivity index (χ2n) is 2.92. The number of hydrogen-bond acceptors (Lipinski definition) is 1. The van der Waals surface area contributed by atoms with Gasteiger partial charge in [-0.15, -0.1) is 0 Å². The highest BCUT2D eigenvalue weighted by Gasteiger charge is 1.96. The van der Waals surface area contributed by atoms with Crippen molar-refractivity contribution in [2.75, 3.05) is 0 Å². The maximum absolute atomic E-state index is 4.35. The van der Waals surface area contributed by atoms with E-state index in [1.165, 1.54) is 10.9 Å². The lowest BCUT2D eigenvalue weighted by Gasteiger charge is -1.99. The number of hydrogen-bond donors (Lipinski definition) is 0. The lowest BCUT2D eigenvalue weighted by atomic mass is 10.1. The summed E-state index contributed by atoms with van der Waals surface area (Å²) < 4.78 is 0. The quantitative estimate of drug-likeness (QED) is 0.638. The number of benzene rings is 1. The van der Waals surface area contributed by atoms with Gasteiger partial charge in [-0.25, -0.2) is 0 Å². The fraction of sp³-hybridized carbons (Fsp3) is 0.0833. The highest BCUT2D eigenvalue weighted by molar-refractivity contribution is 5.86. The molecule has 0 saturated heterocycles. The normalized spacial score (nSPS) is 11.2. The summed E-state index contributed by atoms with van der Waals surface area (Å²) in [6, 6.07) is 10.3. The van der Waals surface area contributed by atoms with E-state index in [1.807, 2.05) is 25.3 Å². The minimum atomic E-state index is 1.07. The van der Waals surface area contributed by atoms with E-state index in [2.05, 4.69) is 35.3 Å². The van der Waals surface area contributed by atoms with Crippen molar-refractivity contribution in [2.45, 2.75) is 6.92 Å². The SMILES string of the molecule is CC=Cc1cccc2cccnc12. The Hall–Kier alpha value is -1.63. The van der Waals surface area contributed by atoms with Crippen LogP contribution in [0, 0.1) is 0 Å². The summed E-state index contributed by atoms with van der Waals surface area (Å²) in [5, 5.41) is 1.19. The van der Waals surface area contributed by atoms with Crippen LogP contribution >= 0.6 is 0 Å². The maximum Gasteiger partial charge on any atom is 0.0774 e. The van der Waals surface area contributed by atoms with Gasteiger partial charge < -0.3 is 0 Å². The van der Waals surface area contributed by atoms with Crippen LogP contribution in [0.25, 0.3) is 17.0 Å². The second kappa shape index (κ2) is 3.40. The standard InChI is InChI=1S/C12H11N/c1-2-5-10-6-3-7-11-8-4-9-13-12(10)11/h2-9H,1H3. The van der Waals surface area contributed by atoms with Crippen LogP contribution in [-0.4, -0.2) is 4.98 Å². The molecule has 13 heavy (non-hydrogen) atoms. The number of allylic oxidation sites excluding steroid dienone is 1. The number of pyridine rings is 1. The fourth-order valence-corrected chi connectivity index (χ4v) is 1.44. The Labute approximate surface area is 77.7 Å². The monoisotopic (exact) mass is 169 g/mol. The molecule has 1 aromatic heterocycles. The van der Waals surface area contributed by atoms with Gasteiger partial charge in [-0.2, -0.15) is 0 Å². The van der Waals surface area contributed by atoms with E-state index in [0.717, 1.165) is 5.52 Å². The molecular formula is C12H11N. The predicted octanol–water partition coefficient (Wildman–Crippen LogP) is 3.27. The van der Waals surface area contributed by atoms with Gasteiger partial charge in [-0.05, 0) is 13.0 Å². The molecule has 64 valence electrons. The topological polar surface area (TPSA) is 12.9 Å². The third-order valence-electron chi connectivity index (χ3n) is 2.01. The van der Waals surface area contributed by atoms with E-state index in [4.69, 9.17) is 0 Å². The molecule has 0 unspecified atom stereocenters. The first-order chi connectivity index (χ1) is 6.42. The smallest absolute Gasteiger partial charge is 0.0774 e. The summed E-state index contributed by atoms with van der Waals surface area (Å²) in [5.74, 6) is 0. The van der Waals surface area contributed by atoms with E-state index >= 15 is 0 Å². The van der Waals surface area contributed by atoms with E-state index < -0.39 is 0 Å². The van der Waals surface area contributed by atoms with Gasteiger partial charge in [0, 0.05) is 17.1 Å². The number of rotatable bonds is 1. The first kappa shape index (κ1) is 7.99. The Bertz CT molecular complexity index is 438. The predicted molar refractivity (Wildman–Crippen MR) is 56.5 cm³/mol. The van der Waals surface area contributed by atoms with Crippen molar-refractivity contribution in [3.05, 3.63) is 48.2 Å². The first-order valence-corrected chi connectivity index (χ1v) is 4.38. The minimum absolute atomic E-state index is 1.07. The average Bonchev–Trinajstić information content (AvgIpc) is 2.19. The van der Waals surface area contributed by atoms with Crippen molar-refractivity contribution < 1.29 is 0 Å². The van der Waals surface area contributed by atoms with E-state index in [1.54, 1.807) is 0 Å².